The second-order valence-corrected chi connectivity index (χ2v) is 6.73. The zero-order chi connectivity index (χ0) is 18.5. The van der Waals surface area contributed by atoms with Crippen molar-refractivity contribution < 1.29 is 9.21 Å². The molecule has 0 unspecified atom stereocenters. The maximum Gasteiger partial charge on any atom is 0.322 e. The van der Waals surface area contributed by atoms with E-state index in [4.69, 9.17) is 27.6 Å². The molecule has 0 saturated carbocycles. The van der Waals surface area contributed by atoms with Crippen LogP contribution in [0.15, 0.2) is 65.1 Å². The van der Waals surface area contributed by atoms with Crippen LogP contribution >= 0.6 is 23.2 Å². The number of amides is 2. The van der Waals surface area contributed by atoms with Crippen molar-refractivity contribution in [2.45, 2.75) is 20.0 Å². The topological polar surface area (TPSA) is 45.5 Å². The van der Waals surface area contributed by atoms with Gasteiger partial charge in [0.1, 0.15) is 11.5 Å². The molecule has 1 aromatic heterocycles. The van der Waals surface area contributed by atoms with Crippen LogP contribution in [0.25, 0.3) is 0 Å². The Hall–Kier alpha value is -2.43. The lowest BCUT2D eigenvalue weighted by Gasteiger charge is -2.22. The van der Waals surface area contributed by atoms with E-state index in [-0.39, 0.29) is 6.03 Å². The Bertz CT molecular complexity index is 894. The van der Waals surface area contributed by atoms with Crippen molar-refractivity contribution in [1.29, 1.82) is 0 Å². The molecule has 0 aliphatic rings. The van der Waals surface area contributed by atoms with Gasteiger partial charge in [-0.05, 0) is 42.8 Å². The predicted octanol–water partition coefficient (Wildman–Crippen LogP) is 6.13. The number of urea groups is 1. The minimum atomic E-state index is -0.249. The molecule has 1 N–H and O–H groups in total. The summed E-state index contributed by atoms with van der Waals surface area (Å²) in [6.45, 7) is 2.68. The minimum absolute atomic E-state index is 0.249. The second kappa shape index (κ2) is 8.30. The van der Waals surface area contributed by atoms with E-state index in [1.165, 1.54) is 0 Å². The number of carbonyl (C=O) groups excluding carboxylic acids is 1. The molecule has 0 atom stereocenters. The average molecular weight is 389 g/mol. The van der Waals surface area contributed by atoms with Crippen molar-refractivity contribution in [3.63, 3.8) is 0 Å². The SMILES string of the molecule is Cc1ccc(CN(Cc2ccccc2)C(=O)Nc2ccc(Cl)c(Cl)c2)o1. The highest BCUT2D eigenvalue weighted by molar-refractivity contribution is 6.42. The Morgan fingerprint density at radius 2 is 1.77 bits per heavy atom. The van der Waals surface area contributed by atoms with Crippen molar-refractivity contribution in [2.24, 2.45) is 0 Å². The molecule has 0 radical (unpaired) electrons. The lowest BCUT2D eigenvalue weighted by atomic mass is 10.2. The highest BCUT2D eigenvalue weighted by atomic mass is 35.5. The fourth-order valence-corrected chi connectivity index (χ4v) is 2.84. The number of nitrogens with zero attached hydrogens (tertiary/aromatic N) is 1. The molecule has 0 bridgehead atoms. The first-order valence-electron chi connectivity index (χ1n) is 8.11. The largest absolute Gasteiger partial charge is 0.464 e. The first kappa shape index (κ1) is 18.4. The van der Waals surface area contributed by atoms with Crippen LogP contribution in [0.3, 0.4) is 0 Å². The number of halogens is 2. The van der Waals surface area contributed by atoms with Crippen LogP contribution < -0.4 is 5.32 Å². The summed E-state index contributed by atoms with van der Waals surface area (Å²) in [5.41, 5.74) is 1.61. The fourth-order valence-electron chi connectivity index (χ4n) is 2.54. The van der Waals surface area contributed by atoms with Crippen molar-refractivity contribution in [1.82, 2.24) is 4.90 Å². The monoisotopic (exact) mass is 388 g/mol. The summed E-state index contributed by atoms with van der Waals surface area (Å²) in [5.74, 6) is 1.53. The van der Waals surface area contributed by atoms with E-state index in [9.17, 15) is 4.79 Å². The number of hydrogen-bond acceptors (Lipinski definition) is 2. The molecular weight excluding hydrogens is 371 g/mol. The van der Waals surface area contributed by atoms with E-state index in [2.05, 4.69) is 5.32 Å². The fraction of sp³-hybridized carbons (Fsp3) is 0.150. The van der Waals surface area contributed by atoms with Gasteiger partial charge in [-0.1, -0.05) is 53.5 Å². The number of carbonyl (C=O) groups is 1. The highest BCUT2D eigenvalue weighted by Crippen LogP contribution is 2.25. The number of rotatable bonds is 5. The molecule has 0 aliphatic carbocycles. The number of furan rings is 1. The maximum absolute atomic E-state index is 12.8. The molecule has 0 fully saturated rings. The Kier molecular flexibility index (Phi) is 5.86. The molecule has 0 saturated heterocycles. The molecule has 6 heteroatoms. The summed E-state index contributed by atoms with van der Waals surface area (Å²) >= 11 is 12.0. The van der Waals surface area contributed by atoms with Gasteiger partial charge < -0.3 is 14.6 Å². The number of hydrogen-bond donors (Lipinski definition) is 1. The van der Waals surface area contributed by atoms with E-state index in [1.54, 1.807) is 23.1 Å². The van der Waals surface area contributed by atoms with Gasteiger partial charge in [0.05, 0.1) is 16.6 Å². The molecule has 3 rings (SSSR count). The summed E-state index contributed by atoms with van der Waals surface area (Å²) < 4.78 is 5.63. The van der Waals surface area contributed by atoms with E-state index in [1.807, 2.05) is 49.4 Å². The average Bonchev–Trinajstić information content (AvgIpc) is 3.03. The second-order valence-electron chi connectivity index (χ2n) is 5.91. The van der Waals surface area contributed by atoms with Crippen LogP contribution in [0.2, 0.25) is 10.0 Å². The third kappa shape index (κ3) is 4.81. The quantitative estimate of drug-likeness (QED) is 0.571. The lowest BCUT2D eigenvalue weighted by molar-refractivity contribution is 0.201. The van der Waals surface area contributed by atoms with Gasteiger partial charge in [-0.2, -0.15) is 0 Å². The van der Waals surface area contributed by atoms with Crippen molar-refractivity contribution in [3.8, 4) is 0 Å². The first-order chi connectivity index (χ1) is 12.5. The van der Waals surface area contributed by atoms with Gasteiger partial charge in [-0.25, -0.2) is 4.79 Å². The molecular formula is C20H18Cl2N2O2. The van der Waals surface area contributed by atoms with Gasteiger partial charge in [0.15, 0.2) is 0 Å². The number of benzene rings is 2. The van der Waals surface area contributed by atoms with Crippen LogP contribution in [-0.4, -0.2) is 10.9 Å². The summed E-state index contributed by atoms with van der Waals surface area (Å²) in [5, 5.41) is 3.69. The number of nitrogens with one attached hydrogen (secondary N) is 1. The van der Waals surface area contributed by atoms with Crippen LogP contribution in [0.4, 0.5) is 10.5 Å². The van der Waals surface area contributed by atoms with Crippen LogP contribution in [0.1, 0.15) is 17.1 Å². The summed E-state index contributed by atoms with van der Waals surface area (Å²) in [6, 6.07) is 18.3. The third-order valence-electron chi connectivity index (χ3n) is 3.82. The molecule has 1 heterocycles. The van der Waals surface area contributed by atoms with E-state index in [0.717, 1.165) is 17.1 Å². The van der Waals surface area contributed by atoms with Crippen molar-refractivity contribution in [2.75, 3.05) is 5.32 Å². The number of aryl methyl sites for hydroxylation is 1. The molecule has 134 valence electrons. The molecule has 0 spiro atoms. The van der Waals surface area contributed by atoms with Gasteiger partial charge >= 0.3 is 6.03 Å². The molecule has 2 aromatic carbocycles. The standard InChI is InChI=1S/C20H18Cl2N2O2/c1-14-7-9-17(26-14)13-24(12-15-5-3-2-4-6-15)20(25)23-16-8-10-18(21)19(22)11-16/h2-11H,12-13H2,1H3,(H,23,25). The molecule has 26 heavy (non-hydrogen) atoms. The maximum atomic E-state index is 12.8. The van der Waals surface area contributed by atoms with Gasteiger partial charge in [-0.15, -0.1) is 0 Å². The van der Waals surface area contributed by atoms with E-state index in [0.29, 0.717) is 28.8 Å². The predicted molar refractivity (Wildman–Crippen MR) is 105 cm³/mol. The Labute approximate surface area is 162 Å². The van der Waals surface area contributed by atoms with Gasteiger partial charge in [0.25, 0.3) is 0 Å². The van der Waals surface area contributed by atoms with Gasteiger partial charge in [0, 0.05) is 12.2 Å². The molecule has 3 aromatic rings. The molecule has 4 nitrogen and oxygen atoms in total. The zero-order valence-corrected chi connectivity index (χ0v) is 15.7. The third-order valence-corrected chi connectivity index (χ3v) is 4.56. The Balaban J connectivity index is 1.78. The van der Waals surface area contributed by atoms with Gasteiger partial charge in [-0.3, -0.25) is 0 Å². The van der Waals surface area contributed by atoms with E-state index >= 15 is 0 Å². The van der Waals surface area contributed by atoms with Gasteiger partial charge in [0.2, 0.25) is 0 Å². The lowest BCUT2D eigenvalue weighted by Crippen LogP contribution is -2.34. The summed E-state index contributed by atoms with van der Waals surface area (Å²) in [6.07, 6.45) is 0. The minimum Gasteiger partial charge on any atom is -0.464 e. The van der Waals surface area contributed by atoms with Crippen molar-refractivity contribution >= 4 is 34.9 Å². The molecule has 0 aliphatic heterocycles. The first-order valence-corrected chi connectivity index (χ1v) is 8.87. The van der Waals surface area contributed by atoms with Crippen LogP contribution in [0, 0.1) is 6.92 Å². The Morgan fingerprint density at radius 1 is 1.00 bits per heavy atom. The number of anilines is 1. The summed E-state index contributed by atoms with van der Waals surface area (Å²) in [7, 11) is 0. The summed E-state index contributed by atoms with van der Waals surface area (Å²) in [4.78, 5) is 14.5. The zero-order valence-electron chi connectivity index (χ0n) is 14.2. The van der Waals surface area contributed by atoms with Crippen LogP contribution in [0.5, 0.6) is 0 Å². The smallest absolute Gasteiger partial charge is 0.322 e. The van der Waals surface area contributed by atoms with E-state index < -0.39 is 0 Å². The molecule has 2 amide bonds. The Morgan fingerprint density at radius 3 is 2.42 bits per heavy atom. The normalized spacial score (nSPS) is 10.6. The van der Waals surface area contributed by atoms with Crippen molar-refractivity contribution in [3.05, 3.63) is 87.8 Å². The highest BCUT2D eigenvalue weighted by Gasteiger charge is 2.17. The van der Waals surface area contributed by atoms with Crippen LogP contribution in [-0.2, 0) is 13.1 Å².